The minimum absolute atomic E-state index is 0.0572. The van der Waals surface area contributed by atoms with Crippen molar-refractivity contribution in [3.63, 3.8) is 0 Å². The summed E-state index contributed by atoms with van der Waals surface area (Å²) < 4.78 is 11.0. The quantitative estimate of drug-likeness (QED) is 0.683. The Kier molecular flexibility index (Phi) is 4.80. The van der Waals surface area contributed by atoms with E-state index in [4.69, 9.17) is 9.15 Å². The molecule has 1 heterocycles. The van der Waals surface area contributed by atoms with Gasteiger partial charge in [0.15, 0.2) is 5.76 Å². The van der Waals surface area contributed by atoms with E-state index in [1.165, 1.54) is 0 Å². The largest absolute Gasteiger partial charge is 0.497 e. The Morgan fingerprint density at radius 3 is 2.58 bits per heavy atom. The highest BCUT2D eigenvalue weighted by Gasteiger charge is 2.20. The van der Waals surface area contributed by atoms with Crippen molar-refractivity contribution in [1.29, 1.82) is 0 Å². The van der Waals surface area contributed by atoms with Crippen molar-refractivity contribution >= 4 is 28.3 Å². The van der Waals surface area contributed by atoms with Gasteiger partial charge in [-0.2, -0.15) is 0 Å². The number of rotatable bonds is 5. The molecule has 134 valence electrons. The highest BCUT2D eigenvalue weighted by molar-refractivity contribution is 6.11. The number of anilines is 1. The van der Waals surface area contributed by atoms with Crippen molar-refractivity contribution in [3.8, 4) is 5.75 Å². The Balaban J connectivity index is 1.98. The molecule has 1 aromatic heterocycles. The first-order valence-electron chi connectivity index (χ1n) is 8.43. The van der Waals surface area contributed by atoms with Crippen molar-refractivity contribution in [2.45, 2.75) is 20.8 Å². The fraction of sp³-hybridized carbons (Fsp3) is 0.238. The van der Waals surface area contributed by atoms with Gasteiger partial charge in [-0.05, 0) is 37.3 Å². The minimum atomic E-state index is -0.203. The van der Waals surface area contributed by atoms with Gasteiger partial charge in [0, 0.05) is 28.1 Å². The average molecular weight is 351 g/mol. The number of carbonyl (C=O) groups is 2. The lowest BCUT2D eigenvalue weighted by molar-refractivity contribution is -0.118. The van der Waals surface area contributed by atoms with Gasteiger partial charge in [0.25, 0.3) is 0 Å². The van der Waals surface area contributed by atoms with E-state index >= 15 is 0 Å². The Hall–Kier alpha value is -3.08. The van der Waals surface area contributed by atoms with E-state index in [2.05, 4.69) is 5.32 Å². The molecule has 5 heteroatoms. The van der Waals surface area contributed by atoms with Crippen LogP contribution in [0, 0.1) is 12.8 Å². The van der Waals surface area contributed by atoms with Crippen molar-refractivity contribution in [3.05, 3.63) is 59.4 Å². The van der Waals surface area contributed by atoms with Crippen LogP contribution in [-0.4, -0.2) is 18.8 Å². The number of methoxy groups -OCH3 is 1. The summed E-state index contributed by atoms with van der Waals surface area (Å²) in [5.74, 6) is 0.536. The summed E-state index contributed by atoms with van der Waals surface area (Å²) in [6.07, 6.45) is 0. The number of furan rings is 1. The third-order valence-corrected chi connectivity index (χ3v) is 4.27. The van der Waals surface area contributed by atoms with Crippen molar-refractivity contribution in [2.24, 2.45) is 5.92 Å². The smallest absolute Gasteiger partial charge is 0.228 e. The van der Waals surface area contributed by atoms with Gasteiger partial charge < -0.3 is 14.5 Å². The first-order chi connectivity index (χ1) is 12.4. The van der Waals surface area contributed by atoms with Crippen LogP contribution in [0.1, 0.15) is 35.5 Å². The molecule has 1 N–H and O–H groups in total. The third kappa shape index (κ3) is 3.33. The molecule has 0 aliphatic heterocycles. The average Bonchev–Trinajstić information content (AvgIpc) is 2.97. The molecule has 3 aromatic rings. The molecule has 0 saturated carbocycles. The molecule has 3 rings (SSSR count). The normalized spacial score (nSPS) is 11.0. The number of nitrogens with one attached hydrogen (secondary N) is 1. The van der Waals surface area contributed by atoms with E-state index in [0.29, 0.717) is 28.3 Å². The molecule has 0 aliphatic carbocycles. The van der Waals surface area contributed by atoms with Gasteiger partial charge in [0.2, 0.25) is 11.7 Å². The molecule has 5 nitrogen and oxygen atoms in total. The molecule has 0 radical (unpaired) electrons. The Morgan fingerprint density at radius 2 is 1.88 bits per heavy atom. The van der Waals surface area contributed by atoms with Crippen molar-refractivity contribution < 1.29 is 18.7 Å². The van der Waals surface area contributed by atoms with Crippen molar-refractivity contribution in [2.75, 3.05) is 12.4 Å². The summed E-state index contributed by atoms with van der Waals surface area (Å²) in [5, 5.41) is 3.67. The Labute approximate surface area is 152 Å². The number of amides is 1. The topological polar surface area (TPSA) is 68.5 Å². The highest BCUT2D eigenvalue weighted by atomic mass is 16.5. The monoisotopic (exact) mass is 351 g/mol. The maximum Gasteiger partial charge on any atom is 0.228 e. The van der Waals surface area contributed by atoms with Crippen LogP contribution in [0.3, 0.4) is 0 Å². The van der Waals surface area contributed by atoms with Crippen LogP contribution in [0.25, 0.3) is 11.0 Å². The number of ether oxygens (including phenoxy) is 1. The van der Waals surface area contributed by atoms with Crippen LogP contribution < -0.4 is 10.1 Å². The molecule has 0 unspecified atom stereocenters. The van der Waals surface area contributed by atoms with Crippen LogP contribution in [0.4, 0.5) is 5.69 Å². The van der Waals surface area contributed by atoms with Crippen LogP contribution >= 0.6 is 0 Å². The lowest BCUT2D eigenvalue weighted by Gasteiger charge is -2.07. The van der Waals surface area contributed by atoms with E-state index in [-0.39, 0.29) is 17.6 Å². The van der Waals surface area contributed by atoms with Crippen molar-refractivity contribution in [1.82, 2.24) is 0 Å². The van der Waals surface area contributed by atoms with Crippen LogP contribution in [-0.2, 0) is 4.79 Å². The first-order valence-corrected chi connectivity index (χ1v) is 8.43. The molecule has 0 atom stereocenters. The van der Waals surface area contributed by atoms with Gasteiger partial charge in [-0.1, -0.05) is 26.0 Å². The maximum atomic E-state index is 12.8. The summed E-state index contributed by atoms with van der Waals surface area (Å²) in [6.45, 7) is 5.51. The van der Waals surface area contributed by atoms with Gasteiger partial charge in [-0.3, -0.25) is 9.59 Å². The van der Waals surface area contributed by atoms with Gasteiger partial charge in [-0.25, -0.2) is 0 Å². The SMILES string of the molecule is COc1cccc(C(=O)c2oc3ccc(NC(=O)C(C)C)cc3c2C)c1. The predicted molar refractivity (Wildman–Crippen MR) is 101 cm³/mol. The second-order valence-electron chi connectivity index (χ2n) is 6.47. The Bertz CT molecular complexity index is 985. The molecule has 2 aromatic carbocycles. The fourth-order valence-electron chi connectivity index (χ4n) is 2.70. The van der Waals surface area contributed by atoms with E-state index in [1.807, 2.05) is 26.8 Å². The molecule has 0 aliphatic rings. The van der Waals surface area contributed by atoms with Crippen LogP contribution in [0.2, 0.25) is 0 Å². The van der Waals surface area contributed by atoms with Crippen LogP contribution in [0.15, 0.2) is 46.9 Å². The zero-order chi connectivity index (χ0) is 18.8. The Morgan fingerprint density at radius 1 is 1.12 bits per heavy atom. The highest BCUT2D eigenvalue weighted by Crippen LogP contribution is 2.30. The van der Waals surface area contributed by atoms with E-state index in [1.54, 1.807) is 43.5 Å². The zero-order valence-corrected chi connectivity index (χ0v) is 15.3. The fourth-order valence-corrected chi connectivity index (χ4v) is 2.70. The molecule has 0 bridgehead atoms. The van der Waals surface area contributed by atoms with Crippen LogP contribution in [0.5, 0.6) is 5.75 Å². The maximum absolute atomic E-state index is 12.8. The second-order valence-corrected chi connectivity index (χ2v) is 6.47. The first kappa shape index (κ1) is 17.7. The molecule has 1 amide bonds. The number of fused-ring (bicyclic) bond motifs is 1. The number of carbonyl (C=O) groups excluding carboxylic acids is 2. The van der Waals surface area contributed by atoms with E-state index in [0.717, 1.165) is 10.9 Å². The van der Waals surface area contributed by atoms with E-state index in [9.17, 15) is 9.59 Å². The van der Waals surface area contributed by atoms with E-state index < -0.39 is 0 Å². The summed E-state index contributed by atoms with van der Waals surface area (Å²) in [6, 6.07) is 12.3. The summed E-state index contributed by atoms with van der Waals surface area (Å²) in [4.78, 5) is 24.7. The summed E-state index contributed by atoms with van der Waals surface area (Å²) in [7, 11) is 1.56. The lowest BCUT2D eigenvalue weighted by atomic mass is 10.0. The second kappa shape index (κ2) is 7.04. The van der Waals surface area contributed by atoms with Gasteiger partial charge in [0.05, 0.1) is 7.11 Å². The molecule has 0 saturated heterocycles. The minimum Gasteiger partial charge on any atom is -0.497 e. The predicted octanol–water partition coefficient (Wildman–Crippen LogP) is 4.58. The van der Waals surface area contributed by atoms with Gasteiger partial charge in [0.1, 0.15) is 11.3 Å². The number of hydrogen-bond donors (Lipinski definition) is 1. The molecule has 0 spiro atoms. The lowest BCUT2D eigenvalue weighted by Crippen LogP contribution is -2.17. The molecular weight excluding hydrogens is 330 g/mol. The number of ketones is 1. The third-order valence-electron chi connectivity index (χ3n) is 4.27. The zero-order valence-electron chi connectivity index (χ0n) is 15.3. The molecular formula is C21H21NO4. The summed E-state index contributed by atoms with van der Waals surface area (Å²) in [5.41, 5.74) is 2.53. The molecule has 0 fully saturated rings. The number of benzene rings is 2. The summed E-state index contributed by atoms with van der Waals surface area (Å²) >= 11 is 0. The molecule has 26 heavy (non-hydrogen) atoms. The number of hydrogen-bond acceptors (Lipinski definition) is 4. The van der Waals surface area contributed by atoms with Gasteiger partial charge >= 0.3 is 0 Å². The number of aryl methyl sites for hydroxylation is 1. The van der Waals surface area contributed by atoms with Gasteiger partial charge in [-0.15, -0.1) is 0 Å². The standard InChI is InChI=1S/C21H21NO4/c1-12(2)21(24)22-15-8-9-18-17(11-15)13(3)20(26-18)19(23)14-6-5-7-16(10-14)25-4/h5-12H,1-4H3,(H,22,24).